The first kappa shape index (κ1) is 23.9. The number of hydrogen-bond donors (Lipinski definition) is 2. The van der Waals surface area contributed by atoms with Crippen molar-refractivity contribution in [2.45, 2.75) is 32.7 Å². The number of nitrogens with one attached hydrogen (secondary N) is 1. The predicted molar refractivity (Wildman–Crippen MR) is 138 cm³/mol. The van der Waals surface area contributed by atoms with Crippen molar-refractivity contribution in [1.29, 1.82) is 0 Å². The molecule has 0 bridgehead atoms. The number of pyridine rings is 1. The van der Waals surface area contributed by atoms with Crippen LogP contribution in [0.2, 0.25) is 0 Å². The smallest absolute Gasteiger partial charge is 0.412 e. The molecule has 2 aromatic carbocycles. The number of ether oxygens (including phenoxy) is 1. The van der Waals surface area contributed by atoms with E-state index in [1.165, 1.54) is 4.90 Å². The molecule has 4 rings (SSSR count). The third kappa shape index (κ3) is 5.48. The van der Waals surface area contributed by atoms with E-state index in [-0.39, 0.29) is 0 Å². The summed E-state index contributed by atoms with van der Waals surface area (Å²) in [4.78, 5) is 26.9. The molecule has 0 unspecified atom stereocenters. The van der Waals surface area contributed by atoms with Gasteiger partial charge in [0.2, 0.25) is 5.95 Å². The van der Waals surface area contributed by atoms with Crippen molar-refractivity contribution < 1.29 is 14.6 Å². The second kappa shape index (κ2) is 9.97. The molecule has 0 aliphatic heterocycles. The van der Waals surface area contributed by atoms with Crippen LogP contribution < -0.4 is 15.0 Å². The minimum atomic E-state index is -1.03. The molecule has 0 fully saturated rings. The Morgan fingerprint density at radius 3 is 2.63 bits per heavy atom. The highest BCUT2D eigenvalue weighted by Gasteiger charge is 2.30. The molecule has 4 aromatic rings. The lowest BCUT2D eigenvalue weighted by atomic mass is 9.98. The molecule has 8 nitrogen and oxygen atoms in total. The third-order valence-electron chi connectivity index (χ3n) is 5.61. The highest BCUT2D eigenvalue weighted by Crippen LogP contribution is 2.37. The topological polar surface area (TPSA) is 100 Å². The summed E-state index contributed by atoms with van der Waals surface area (Å²) in [5.74, 6) is 1.17. The number of anilines is 2. The molecule has 2 N–H and O–H groups in total. The van der Waals surface area contributed by atoms with Crippen LogP contribution in [0.15, 0.2) is 67.1 Å². The lowest BCUT2D eigenvalue weighted by molar-refractivity contribution is 0.196. The minimum absolute atomic E-state index is 0.508. The van der Waals surface area contributed by atoms with Gasteiger partial charge in [0.15, 0.2) is 0 Å². The highest BCUT2D eigenvalue weighted by atomic mass is 16.5. The van der Waals surface area contributed by atoms with Crippen LogP contribution in [0.4, 0.5) is 16.4 Å². The molecule has 0 saturated heterocycles. The molecule has 2 heterocycles. The molecule has 2 aromatic heterocycles. The van der Waals surface area contributed by atoms with E-state index in [1.54, 1.807) is 19.5 Å². The van der Waals surface area contributed by atoms with Crippen LogP contribution in [0, 0.1) is 0 Å². The number of hydrogen-bond acceptors (Lipinski definition) is 6. The second-order valence-electron chi connectivity index (χ2n) is 9.17. The Labute approximate surface area is 204 Å². The summed E-state index contributed by atoms with van der Waals surface area (Å²) in [6.07, 6.45) is 5.06. The summed E-state index contributed by atoms with van der Waals surface area (Å²) >= 11 is 0. The van der Waals surface area contributed by atoms with Crippen molar-refractivity contribution in [3.63, 3.8) is 0 Å². The predicted octanol–water partition coefficient (Wildman–Crippen LogP) is 5.64. The molecule has 0 saturated carbocycles. The quantitative estimate of drug-likeness (QED) is 0.360. The fraction of sp³-hybridized carbons (Fsp3) is 0.259. The SMILES string of the molecule is COc1ccc2cc(-c3ccnc(NCCc4cccnc4)n3)cc(N(C(=O)O)C(C)(C)C)c2c1. The van der Waals surface area contributed by atoms with Gasteiger partial charge in [0.1, 0.15) is 5.75 Å². The zero-order valence-corrected chi connectivity index (χ0v) is 20.3. The third-order valence-corrected chi connectivity index (χ3v) is 5.61. The summed E-state index contributed by atoms with van der Waals surface area (Å²) < 4.78 is 5.40. The molecule has 0 aliphatic carbocycles. The van der Waals surface area contributed by atoms with E-state index < -0.39 is 11.6 Å². The normalized spacial score (nSPS) is 11.3. The van der Waals surface area contributed by atoms with E-state index in [0.717, 1.165) is 28.3 Å². The van der Waals surface area contributed by atoms with Crippen molar-refractivity contribution in [2.24, 2.45) is 0 Å². The van der Waals surface area contributed by atoms with Crippen LogP contribution in [0.25, 0.3) is 22.0 Å². The average molecular weight is 472 g/mol. The summed E-state index contributed by atoms with van der Waals surface area (Å²) in [7, 11) is 1.59. The van der Waals surface area contributed by atoms with Gasteiger partial charge in [-0.2, -0.15) is 0 Å². The molecular formula is C27H29N5O3. The van der Waals surface area contributed by atoms with Gasteiger partial charge >= 0.3 is 6.09 Å². The number of aromatic nitrogens is 3. The van der Waals surface area contributed by atoms with Gasteiger partial charge in [-0.1, -0.05) is 12.1 Å². The fourth-order valence-electron chi connectivity index (χ4n) is 4.00. The molecule has 0 aliphatic rings. The maximum absolute atomic E-state index is 12.3. The molecule has 0 atom stereocenters. The zero-order valence-electron chi connectivity index (χ0n) is 20.3. The van der Waals surface area contributed by atoms with Crippen LogP contribution in [0.3, 0.4) is 0 Å². The molecule has 8 heteroatoms. The van der Waals surface area contributed by atoms with Gasteiger partial charge in [-0.15, -0.1) is 0 Å². The molecule has 1 amide bonds. The first-order valence-electron chi connectivity index (χ1n) is 11.4. The maximum Gasteiger partial charge on any atom is 0.412 e. The van der Waals surface area contributed by atoms with Crippen LogP contribution >= 0.6 is 0 Å². The van der Waals surface area contributed by atoms with Crippen LogP contribution in [-0.4, -0.2) is 45.3 Å². The Hall–Kier alpha value is -4.20. The Morgan fingerprint density at radius 2 is 1.94 bits per heavy atom. The molecular weight excluding hydrogens is 442 g/mol. The van der Waals surface area contributed by atoms with Crippen molar-refractivity contribution in [1.82, 2.24) is 15.0 Å². The number of fused-ring (bicyclic) bond motifs is 1. The number of carbonyl (C=O) groups is 1. The lowest BCUT2D eigenvalue weighted by Crippen LogP contribution is -2.45. The number of carboxylic acid groups (broad SMARTS) is 1. The molecule has 35 heavy (non-hydrogen) atoms. The lowest BCUT2D eigenvalue weighted by Gasteiger charge is -2.34. The van der Waals surface area contributed by atoms with Gasteiger partial charge < -0.3 is 15.2 Å². The van der Waals surface area contributed by atoms with Gasteiger partial charge in [0.25, 0.3) is 0 Å². The standard InChI is InChI=1S/C27H29N5O3/c1-27(2,3)32(26(33)34)24-15-20(14-19-7-8-21(35-4)16-22(19)24)23-10-13-30-25(31-23)29-12-9-18-6-5-11-28-17-18/h5-8,10-11,13-17H,9,12H2,1-4H3,(H,33,34)(H,29,30,31). The Morgan fingerprint density at radius 1 is 1.11 bits per heavy atom. The summed E-state index contributed by atoms with van der Waals surface area (Å²) in [6, 6.07) is 15.3. The Kier molecular flexibility index (Phi) is 6.82. The van der Waals surface area contributed by atoms with Crippen molar-refractivity contribution >= 4 is 28.5 Å². The summed E-state index contributed by atoms with van der Waals surface area (Å²) in [6.45, 7) is 6.27. The van der Waals surface area contributed by atoms with Gasteiger partial charge in [0.05, 0.1) is 18.5 Å². The number of methoxy groups -OCH3 is 1. The van der Waals surface area contributed by atoms with Crippen LogP contribution in [0.5, 0.6) is 5.75 Å². The number of nitrogens with zero attached hydrogens (tertiary/aromatic N) is 4. The highest BCUT2D eigenvalue weighted by molar-refractivity contribution is 6.04. The Bertz CT molecular complexity index is 1340. The van der Waals surface area contributed by atoms with Crippen molar-refractivity contribution in [3.8, 4) is 17.0 Å². The van der Waals surface area contributed by atoms with E-state index in [1.807, 2.05) is 75.5 Å². The Balaban J connectivity index is 1.73. The maximum atomic E-state index is 12.3. The van der Waals surface area contributed by atoms with E-state index in [0.29, 0.717) is 29.6 Å². The van der Waals surface area contributed by atoms with E-state index >= 15 is 0 Å². The van der Waals surface area contributed by atoms with Gasteiger partial charge in [-0.3, -0.25) is 9.88 Å². The largest absolute Gasteiger partial charge is 0.497 e. The monoisotopic (exact) mass is 471 g/mol. The van der Waals surface area contributed by atoms with Crippen molar-refractivity contribution in [3.05, 3.63) is 72.7 Å². The van der Waals surface area contributed by atoms with E-state index in [9.17, 15) is 9.90 Å². The number of benzene rings is 2. The van der Waals surface area contributed by atoms with Gasteiger partial charge in [-0.25, -0.2) is 14.8 Å². The molecule has 0 spiro atoms. The average Bonchev–Trinajstić information content (AvgIpc) is 2.83. The van der Waals surface area contributed by atoms with E-state index in [4.69, 9.17) is 9.72 Å². The number of rotatable bonds is 7. The van der Waals surface area contributed by atoms with Crippen molar-refractivity contribution in [2.75, 3.05) is 23.9 Å². The van der Waals surface area contributed by atoms with Gasteiger partial charge in [0, 0.05) is 41.6 Å². The van der Waals surface area contributed by atoms with Crippen LogP contribution in [0.1, 0.15) is 26.3 Å². The summed E-state index contributed by atoms with van der Waals surface area (Å²) in [5, 5.41) is 15.0. The van der Waals surface area contributed by atoms with Crippen LogP contribution in [-0.2, 0) is 6.42 Å². The molecule has 0 radical (unpaired) electrons. The zero-order chi connectivity index (χ0) is 25.0. The fourth-order valence-corrected chi connectivity index (χ4v) is 4.00. The number of amides is 1. The first-order chi connectivity index (χ1) is 16.8. The molecule has 180 valence electrons. The minimum Gasteiger partial charge on any atom is -0.497 e. The van der Waals surface area contributed by atoms with Gasteiger partial charge in [-0.05, 0) is 74.5 Å². The second-order valence-corrected chi connectivity index (χ2v) is 9.17. The first-order valence-corrected chi connectivity index (χ1v) is 11.4. The summed E-state index contributed by atoms with van der Waals surface area (Å²) in [5.41, 5.74) is 2.53. The van der Waals surface area contributed by atoms with E-state index in [2.05, 4.69) is 15.3 Å².